The van der Waals surface area contributed by atoms with Crippen LogP contribution in [0.25, 0.3) is 0 Å². The van der Waals surface area contributed by atoms with E-state index in [1.807, 2.05) is 72.5 Å². The molecule has 0 bridgehead atoms. The van der Waals surface area contributed by atoms with E-state index in [-0.39, 0.29) is 12.1 Å². The second-order valence-electron chi connectivity index (χ2n) is 6.81. The Balaban J connectivity index is 1.74. The van der Waals surface area contributed by atoms with E-state index in [0.29, 0.717) is 11.6 Å². The molecule has 2 amide bonds. The van der Waals surface area contributed by atoms with Crippen LogP contribution >= 0.6 is 11.6 Å². The van der Waals surface area contributed by atoms with Gasteiger partial charge in [-0.05, 0) is 47.7 Å². The second kappa shape index (κ2) is 7.45. The van der Waals surface area contributed by atoms with E-state index in [4.69, 9.17) is 11.6 Å². The lowest BCUT2D eigenvalue weighted by molar-refractivity contribution is 0.194. The topological polar surface area (TPSA) is 32.3 Å². The highest BCUT2D eigenvalue weighted by Crippen LogP contribution is 2.38. The number of urea groups is 1. The van der Waals surface area contributed by atoms with Gasteiger partial charge in [-0.2, -0.15) is 0 Å². The first kappa shape index (κ1) is 17.6. The molecule has 3 aromatic carbocycles. The number of benzene rings is 3. The zero-order valence-electron chi connectivity index (χ0n) is 15.2. The van der Waals surface area contributed by atoms with Gasteiger partial charge in [0.1, 0.15) is 0 Å². The molecule has 27 heavy (non-hydrogen) atoms. The molecule has 136 valence electrons. The molecule has 3 aromatic rings. The number of rotatable bonds is 2. The lowest BCUT2D eigenvalue weighted by Gasteiger charge is -2.38. The molecule has 0 radical (unpaired) electrons. The molecule has 1 atom stereocenters. The molecule has 1 aliphatic heterocycles. The highest BCUT2D eigenvalue weighted by Gasteiger charge is 2.33. The van der Waals surface area contributed by atoms with Crippen LogP contribution in [0, 0.1) is 6.92 Å². The number of para-hydroxylation sites is 1. The molecule has 0 aliphatic carbocycles. The average molecular weight is 377 g/mol. The van der Waals surface area contributed by atoms with Crippen LogP contribution in [-0.4, -0.2) is 17.5 Å². The van der Waals surface area contributed by atoms with Gasteiger partial charge in [-0.1, -0.05) is 72.3 Å². The second-order valence-corrected chi connectivity index (χ2v) is 7.22. The third kappa shape index (κ3) is 3.43. The standard InChI is InChI=1S/C23H21ClN2O/c1-16-8-2-7-13-21(16)25-23(27)26-15-14-17-9-3-4-10-18(17)22(26)19-11-5-6-12-20(19)24/h2-13,22H,14-15H2,1H3,(H,25,27). The molecule has 0 saturated heterocycles. The van der Waals surface area contributed by atoms with Gasteiger partial charge < -0.3 is 10.2 Å². The smallest absolute Gasteiger partial charge is 0.313 e. The number of hydrogen-bond donors (Lipinski definition) is 1. The first-order valence-corrected chi connectivity index (χ1v) is 9.48. The summed E-state index contributed by atoms with van der Waals surface area (Å²) in [5, 5.41) is 3.75. The van der Waals surface area contributed by atoms with Gasteiger partial charge in [-0.3, -0.25) is 0 Å². The van der Waals surface area contributed by atoms with Gasteiger partial charge in [0, 0.05) is 17.3 Å². The Hall–Kier alpha value is -2.78. The monoisotopic (exact) mass is 376 g/mol. The SMILES string of the molecule is Cc1ccccc1NC(=O)N1CCc2ccccc2C1c1ccccc1Cl. The highest BCUT2D eigenvalue weighted by molar-refractivity contribution is 6.31. The Bertz CT molecular complexity index is 985. The van der Waals surface area contributed by atoms with Crippen molar-refractivity contribution >= 4 is 23.3 Å². The van der Waals surface area contributed by atoms with Crippen molar-refractivity contribution in [1.82, 2.24) is 4.90 Å². The van der Waals surface area contributed by atoms with E-state index in [1.54, 1.807) is 0 Å². The van der Waals surface area contributed by atoms with E-state index in [0.717, 1.165) is 28.8 Å². The molecule has 0 fully saturated rings. The van der Waals surface area contributed by atoms with Gasteiger partial charge in [-0.15, -0.1) is 0 Å². The van der Waals surface area contributed by atoms with Crippen LogP contribution in [0.3, 0.4) is 0 Å². The summed E-state index contributed by atoms with van der Waals surface area (Å²) < 4.78 is 0. The highest BCUT2D eigenvalue weighted by atomic mass is 35.5. The largest absolute Gasteiger partial charge is 0.322 e. The molecule has 0 spiro atoms. The predicted octanol–water partition coefficient (Wildman–Crippen LogP) is 5.83. The van der Waals surface area contributed by atoms with Crippen LogP contribution in [-0.2, 0) is 6.42 Å². The van der Waals surface area contributed by atoms with Gasteiger partial charge in [0.25, 0.3) is 0 Å². The number of nitrogens with one attached hydrogen (secondary N) is 1. The summed E-state index contributed by atoms with van der Waals surface area (Å²) in [7, 11) is 0. The molecular formula is C23H21ClN2O. The third-order valence-electron chi connectivity index (χ3n) is 5.13. The van der Waals surface area contributed by atoms with Crippen LogP contribution in [0.5, 0.6) is 0 Å². The van der Waals surface area contributed by atoms with E-state index in [9.17, 15) is 4.79 Å². The zero-order valence-corrected chi connectivity index (χ0v) is 15.9. The number of carbonyl (C=O) groups is 1. The van der Waals surface area contributed by atoms with Gasteiger partial charge in [-0.25, -0.2) is 4.79 Å². The summed E-state index contributed by atoms with van der Waals surface area (Å²) in [6.45, 7) is 2.64. The fourth-order valence-electron chi connectivity index (χ4n) is 3.72. The maximum Gasteiger partial charge on any atom is 0.322 e. The third-order valence-corrected chi connectivity index (χ3v) is 5.47. The van der Waals surface area contributed by atoms with Gasteiger partial charge in [0.2, 0.25) is 0 Å². The molecule has 1 N–H and O–H groups in total. The van der Waals surface area contributed by atoms with E-state index in [2.05, 4.69) is 17.4 Å². The number of amides is 2. The van der Waals surface area contributed by atoms with Crippen LogP contribution in [0.2, 0.25) is 5.02 Å². The van der Waals surface area contributed by atoms with Crippen LogP contribution in [0.4, 0.5) is 10.5 Å². The van der Waals surface area contributed by atoms with Crippen molar-refractivity contribution in [3.05, 3.63) is 100 Å². The van der Waals surface area contributed by atoms with Crippen molar-refractivity contribution in [2.75, 3.05) is 11.9 Å². The number of halogens is 1. The van der Waals surface area contributed by atoms with Crippen molar-refractivity contribution in [3.8, 4) is 0 Å². The van der Waals surface area contributed by atoms with Crippen molar-refractivity contribution in [3.63, 3.8) is 0 Å². The van der Waals surface area contributed by atoms with Gasteiger partial charge in [0.05, 0.1) is 6.04 Å². The zero-order chi connectivity index (χ0) is 18.8. The number of anilines is 1. The quantitative estimate of drug-likeness (QED) is 0.599. The Morgan fingerprint density at radius 3 is 2.41 bits per heavy atom. The number of hydrogen-bond acceptors (Lipinski definition) is 1. The molecule has 0 saturated carbocycles. The Morgan fingerprint density at radius 2 is 1.63 bits per heavy atom. The molecule has 0 aromatic heterocycles. The predicted molar refractivity (Wildman–Crippen MR) is 110 cm³/mol. The summed E-state index contributed by atoms with van der Waals surface area (Å²) in [4.78, 5) is 15.1. The van der Waals surface area contributed by atoms with Crippen molar-refractivity contribution < 1.29 is 4.79 Å². The summed E-state index contributed by atoms with van der Waals surface area (Å²) in [5.41, 5.74) is 5.22. The molecule has 4 rings (SSSR count). The summed E-state index contributed by atoms with van der Waals surface area (Å²) in [6.07, 6.45) is 0.832. The van der Waals surface area contributed by atoms with Gasteiger partial charge >= 0.3 is 6.03 Å². The number of carbonyl (C=O) groups excluding carboxylic acids is 1. The first-order chi connectivity index (χ1) is 13.1. The Kier molecular flexibility index (Phi) is 4.87. The lowest BCUT2D eigenvalue weighted by atomic mass is 9.88. The molecule has 1 heterocycles. The van der Waals surface area contributed by atoms with Crippen molar-refractivity contribution in [1.29, 1.82) is 0 Å². The van der Waals surface area contributed by atoms with Gasteiger partial charge in [0.15, 0.2) is 0 Å². The number of nitrogens with zero attached hydrogens (tertiary/aromatic N) is 1. The maximum atomic E-state index is 13.2. The summed E-state index contributed by atoms with van der Waals surface area (Å²) in [5.74, 6) is 0. The van der Waals surface area contributed by atoms with E-state index < -0.39 is 0 Å². The average Bonchev–Trinajstić information content (AvgIpc) is 2.69. The fraction of sp³-hybridized carbons (Fsp3) is 0.174. The van der Waals surface area contributed by atoms with Crippen molar-refractivity contribution in [2.24, 2.45) is 0 Å². The molecule has 1 unspecified atom stereocenters. The minimum Gasteiger partial charge on any atom is -0.313 e. The minimum atomic E-state index is -0.201. The van der Waals surface area contributed by atoms with E-state index >= 15 is 0 Å². The van der Waals surface area contributed by atoms with Crippen LogP contribution in [0.1, 0.15) is 28.3 Å². The first-order valence-electron chi connectivity index (χ1n) is 9.10. The molecule has 4 heteroatoms. The van der Waals surface area contributed by atoms with Crippen molar-refractivity contribution in [2.45, 2.75) is 19.4 Å². The fourth-order valence-corrected chi connectivity index (χ4v) is 3.96. The molecular weight excluding hydrogens is 356 g/mol. The summed E-state index contributed by atoms with van der Waals surface area (Å²) >= 11 is 6.52. The normalized spacial score (nSPS) is 15.9. The summed E-state index contributed by atoms with van der Waals surface area (Å²) in [6, 6.07) is 23.6. The molecule has 1 aliphatic rings. The number of fused-ring (bicyclic) bond motifs is 1. The number of aryl methyl sites for hydroxylation is 1. The lowest BCUT2D eigenvalue weighted by Crippen LogP contribution is -2.43. The Morgan fingerprint density at radius 1 is 0.963 bits per heavy atom. The molecule has 3 nitrogen and oxygen atoms in total. The maximum absolute atomic E-state index is 13.2. The van der Waals surface area contributed by atoms with Crippen LogP contribution in [0.15, 0.2) is 72.8 Å². The van der Waals surface area contributed by atoms with E-state index in [1.165, 1.54) is 5.56 Å². The minimum absolute atomic E-state index is 0.108. The van der Waals surface area contributed by atoms with Crippen LogP contribution < -0.4 is 5.32 Å². The Labute approximate surface area is 164 Å².